The van der Waals surface area contributed by atoms with E-state index in [-0.39, 0.29) is 5.78 Å². The molecule has 0 radical (unpaired) electrons. The van der Waals surface area contributed by atoms with Crippen molar-refractivity contribution in [1.29, 1.82) is 0 Å². The van der Waals surface area contributed by atoms with Crippen LogP contribution in [0.5, 0.6) is 0 Å². The van der Waals surface area contributed by atoms with Crippen molar-refractivity contribution in [3.63, 3.8) is 0 Å². The van der Waals surface area contributed by atoms with Gasteiger partial charge < -0.3 is 5.32 Å². The molecule has 0 saturated carbocycles. The van der Waals surface area contributed by atoms with E-state index in [0.29, 0.717) is 26.2 Å². The summed E-state index contributed by atoms with van der Waals surface area (Å²) in [7, 11) is 0. The summed E-state index contributed by atoms with van der Waals surface area (Å²) in [4.78, 5) is 13.1. The van der Waals surface area contributed by atoms with Crippen LogP contribution in [0.25, 0.3) is 0 Å². The van der Waals surface area contributed by atoms with Gasteiger partial charge in [-0.15, -0.1) is 0 Å². The first-order chi connectivity index (χ1) is 9.58. The molecule has 3 rings (SSSR count). The lowest BCUT2D eigenvalue weighted by molar-refractivity contribution is 0.0982. The van der Waals surface area contributed by atoms with E-state index in [1.165, 1.54) is 0 Å². The third-order valence-corrected chi connectivity index (χ3v) is 4.15. The second-order valence-electron chi connectivity index (χ2n) is 4.50. The smallest absolute Gasteiger partial charge is 0.179 e. The molecule has 20 heavy (non-hydrogen) atoms. The number of thiocarbonyl (C=S) groups is 1. The fourth-order valence-electron chi connectivity index (χ4n) is 2.30. The highest BCUT2D eigenvalue weighted by molar-refractivity contribution is 7.80. The second-order valence-corrected chi connectivity index (χ2v) is 5.78. The van der Waals surface area contributed by atoms with Gasteiger partial charge in [-0.25, -0.2) is 0 Å². The standard InChI is InChI=1S/C15H9Cl2NOS/c16-8-5-6-9(11(17)7-8)13-14(19)10-3-1-2-4-12(10)18-15(13)20/h1-7,13H,(H,18,20). The minimum absolute atomic E-state index is 0.0476. The van der Waals surface area contributed by atoms with E-state index >= 15 is 0 Å². The van der Waals surface area contributed by atoms with Crippen molar-refractivity contribution in [2.75, 3.05) is 5.32 Å². The summed E-state index contributed by atoms with van der Waals surface area (Å²) in [5.74, 6) is -0.613. The number of Topliss-reactive ketones (excluding diaryl/α,β-unsaturated/α-hetero) is 1. The number of carbonyl (C=O) groups excluding carboxylic acids is 1. The summed E-state index contributed by atoms with van der Waals surface area (Å²) in [6.45, 7) is 0. The minimum Gasteiger partial charge on any atom is -0.349 e. The molecule has 0 aliphatic carbocycles. The third kappa shape index (κ3) is 2.22. The van der Waals surface area contributed by atoms with Gasteiger partial charge in [-0.05, 0) is 29.8 Å². The molecule has 1 N–H and O–H groups in total. The van der Waals surface area contributed by atoms with Gasteiger partial charge in [0.1, 0.15) is 0 Å². The van der Waals surface area contributed by atoms with Crippen molar-refractivity contribution < 1.29 is 4.79 Å². The van der Waals surface area contributed by atoms with Crippen LogP contribution in [-0.4, -0.2) is 10.8 Å². The van der Waals surface area contributed by atoms with Crippen molar-refractivity contribution in [1.82, 2.24) is 0 Å². The van der Waals surface area contributed by atoms with Crippen LogP contribution in [0, 0.1) is 0 Å². The van der Waals surface area contributed by atoms with Crippen LogP contribution in [0.15, 0.2) is 42.5 Å². The molecule has 5 heteroatoms. The second kappa shape index (κ2) is 5.17. The van der Waals surface area contributed by atoms with Gasteiger partial charge >= 0.3 is 0 Å². The van der Waals surface area contributed by atoms with Gasteiger partial charge in [-0.2, -0.15) is 0 Å². The van der Waals surface area contributed by atoms with Crippen LogP contribution in [0.2, 0.25) is 10.0 Å². The number of hydrogen-bond acceptors (Lipinski definition) is 2. The predicted octanol–water partition coefficient (Wildman–Crippen LogP) is 4.71. The first-order valence-corrected chi connectivity index (χ1v) is 7.13. The maximum atomic E-state index is 12.6. The number of rotatable bonds is 1. The number of anilines is 1. The van der Waals surface area contributed by atoms with Crippen LogP contribution >= 0.6 is 35.4 Å². The molecule has 2 aromatic carbocycles. The van der Waals surface area contributed by atoms with Gasteiger partial charge in [0, 0.05) is 21.3 Å². The minimum atomic E-state index is -0.565. The molecule has 1 aliphatic heterocycles. The first-order valence-electron chi connectivity index (χ1n) is 5.97. The molecular formula is C15H9Cl2NOS. The highest BCUT2D eigenvalue weighted by Crippen LogP contribution is 2.36. The summed E-state index contributed by atoms with van der Waals surface area (Å²) in [6.07, 6.45) is 0. The molecule has 0 fully saturated rings. The fraction of sp³-hybridized carbons (Fsp3) is 0.0667. The highest BCUT2D eigenvalue weighted by Gasteiger charge is 2.33. The Morgan fingerprint density at radius 2 is 1.85 bits per heavy atom. The van der Waals surface area contributed by atoms with E-state index in [0.717, 1.165) is 5.69 Å². The lowest BCUT2D eigenvalue weighted by Gasteiger charge is -2.26. The number of ketones is 1. The van der Waals surface area contributed by atoms with Gasteiger partial charge in [0.2, 0.25) is 0 Å². The Morgan fingerprint density at radius 1 is 1.10 bits per heavy atom. The Kier molecular flexibility index (Phi) is 3.50. The Labute approximate surface area is 131 Å². The zero-order valence-electron chi connectivity index (χ0n) is 10.2. The lowest BCUT2D eigenvalue weighted by Crippen LogP contribution is -2.32. The van der Waals surface area contributed by atoms with Crippen LogP contribution in [-0.2, 0) is 0 Å². The highest BCUT2D eigenvalue weighted by atomic mass is 35.5. The summed E-state index contributed by atoms with van der Waals surface area (Å²) < 4.78 is 0. The van der Waals surface area contributed by atoms with Crippen molar-refractivity contribution in [3.8, 4) is 0 Å². The van der Waals surface area contributed by atoms with Gasteiger partial charge in [0.15, 0.2) is 5.78 Å². The Morgan fingerprint density at radius 3 is 2.60 bits per heavy atom. The molecule has 1 heterocycles. The predicted molar refractivity (Wildman–Crippen MR) is 86.2 cm³/mol. The van der Waals surface area contributed by atoms with Gasteiger partial charge in [-0.3, -0.25) is 4.79 Å². The Bertz CT molecular complexity index is 730. The molecule has 0 spiro atoms. The lowest BCUT2D eigenvalue weighted by atomic mass is 9.87. The molecule has 1 unspecified atom stereocenters. The number of halogens is 2. The maximum Gasteiger partial charge on any atom is 0.179 e. The fourth-order valence-corrected chi connectivity index (χ4v) is 3.17. The average molecular weight is 322 g/mol. The zero-order valence-corrected chi connectivity index (χ0v) is 12.5. The molecule has 2 aromatic rings. The van der Waals surface area contributed by atoms with Gasteiger partial charge in [0.05, 0.1) is 10.9 Å². The largest absolute Gasteiger partial charge is 0.349 e. The van der Waals surface area contributed by atoms with Crippen molar-refractivity contribution >= 4 is 51.9 Å². The van der Waals surface area contributed by atoms with E-state index in [2.05, 4.69) is 5.32 Å². The summed E-state index contributed by atoms with van der Waals surface area (Å²) in [5.41, 5.74) is 2.04. The van der Waals surface area contributed by atoms with E-state index in [1.807, 2.05) is 18.2 Å². The number of benzene rings is 2. The van der Waals surface area contributed by atoms with E-state index in [1.54, 1.807) is 24.3 Å². The SMILES string of the molecule is O=C1c2ccccc2NC(=S)C1c1ccc(Cl)cc1Cl. The quantitative estimate of drug-likeness (QED) is 0.771. The van der Waals surface area contributed by atoms with Crippen LogP contribution in [0.3, 0.4) is 0 Å². The number of hydrogen-bond donors (Lipinski definition) is 1. The molecule has 1 aliphatic rings. The maximum absolute atomic E-state index is 12.6. The number of carbonyl (C=O) groups is 1. The van der Waals surface area contributed by atoms with Gasteiger partial charge in [-0.1, -0.05) is 53.6 Å². The molecule has 0 saturated heterocycles. The van der Waals surface area contributed by atoms with Crippen LogP contribution in [0.1, 0.15) is 21.8 Å². The van der Waals surface area contributed by atoms with Crippen LogP contribution in [0.4, 0.5) is 5.69 Å². The Hall–Kier alpha value is -1.42. The number of para-hydroxylation sites is 1. The Balaban J connectivity index is 2.11. The molecule has 100 valence electrons. The van der Waals surface area contributed by atoms with Crippen molar-refractivity contribution in [2.24, 2.45) is 0 Å². The molecule has 0 aromatic heterocycles. The number of nitrogens with one attached hydrogen (secondary N) is 1. The van der Waals surface area contributed by atoms with E-state index in [9.17, 15) is 4.79 Å². The van der Waals surface area contributed by atoms with E-state index in [4.69, 9.17) is 35.4 Å². The van der Waals surface area contributed by atoms with Crippen LogP contribution < -0.4 is 5.32 Å². The summed E-state index contributed by atoms with van der Waals surface area (Å²) in [5, 5.41) is 4.07. The molecule has 0 amide bonds. The average Bonchev–Trinajstić information content (AvgIpc) is 2.41. The number of fused-ring (bicyclic) bond motifs is 1. The molecule has 0 bridgehead atoms. The summed E-state index contributed by atoms with van der Waals surface area (Å²) in [6, 6.07) is 12.4. The molecule has 2 nitrogen and oxygen atoms in total. The molecule has 1 atom stereocenters. The normalized spacial score (nSPS) is 17.6. The zero-order chi connectivity index (χ0) is 14.3. The van der Waals surface area contributed by atoms with E-state index < -0.39 is 5.92 Å². The molecular weight excluding hydrogens is 313 g/mol. The van der Waals surface area contributed by atoms with Crippen molar-refractivity contribution in [2.45, 2.75) is 5.92 Å². The van der Waals surface area contributed by atoms with Gasteiger partial charge in [0.25, 0.3) is 0 Å². The third-order valence-electron chi connectivity index (χ3n) is 3.25. The summed E-state index contributed by atoms with van der Waals surface area (Å²) >= 11 is 17.4. The topological polar surface area (TPSA) is 29.1 Å². The monoisotopic (exact) mass is 321 g/mol. The van der Waals surface area contributed by atoms with Crippen molar-refractivity contribution in [3.05, 3.63) is 63.6 Å². The first kappa shape index (κ1) is 13.6.